The summed E-state index contributed by atoms with van der Waals surface area (Å²) in [5.74, 6) is 0.851. The number of hydrogen-bond acceptors (Lipinski definition) is 3. The summed E-state index contributed by atoms with van der Waals surface area (Å²) in [5.41, 5.74) is 2.93. The second-order valence-electron chi connectivity index (χ2n) is 8.40. The maximum Gasteiger partial charge on any atom is 0.268 e. The summed E-state index contributed by atoms with van der Waals surface area (Å²) in [5, 5.41) is 4.38. The number of likely N-dealkylation sites (tertiary alicyclic amines) is 1. The van der Waals surface area contributed by atoms with Crippen molar-refractivity contribution in [2.45, 2.75) is 45.3 Å². The number of carbonyl (C=O) groups is 1. The number of rotatable bonds is 6. The summed E-state index contributed by atoms with van der Waals surface area (Å²) in [6.45, 7) is 7.19. The number of carbonyl (C=O) groups excluding carboxylic acids is 1. The lowest BCUT2D eigenvalue weighted by atomic mass is 10.0. The predicted molar refractivity (Wildman–Crippen MR) is 121 cm³/mol. The van der Waals surface area contributed by atoms with Crippen molar-refractivity contribution in [3.05, 3.63) is 65.9 Å². The van der Waals surface area contributed by atoms with Crippen LogP contribution in [0.3, 0.4) is 0 Å². The maximum absolute atomic E-state index is 13.2. The first-order valence-electron chi connectivity index (χ1n) is 10.8. The molecule has 0 bridgehead atoms. The number of para-hydroxylation sites is 1. The van der Waals surface area contributed by atoms with E-state index in [1.54, 1.807) is 7.11 Å². The van der Waals surface area contributed by atoms with E-state index < -0.39 is 0 Å². The van der Waals surface area contributed by atoms with Crippen LogP contribution in [-0.2, 0) is 6.54 Å². The van der Waals surface area contributed by atoms with Gasteiger partial charge in [0.2, 0.25) is 0 Å². The first kappa shape index (κ1) is 20.5. The highest BCUT2D eigenvalue weighted by Gasteiger charge is 2.24. The van der Waals surface area contributed by atoms with Gasteiger partial charge in [-0.25, -0.2) is 0 Å². The number of piperidine rings is 1. The molecule has 0 unspecified atom stereocenters. The van der Waals surface area contributed by atoms with Crippen molar-refractivity contribution in [3.8, 4) is 5.75 Å². The Kier molecular flexibility index (Phi) is 6.09. The predicted octanol–water partition coefficient (Wildman–Crippen LogP) is 4.30. The molecule has 3 aromatic rings. The molecular weight excluding hydrogens is 374 g/mol. The van der Waals surface area contributed by atoms with E-state index in [0.29, 0.717) is 12.6 Å². The summed E-state index contributed by atoms with van der Waals surface area (Å²) >= 11 is 0. The molecule has 158 valence electrons. The molecule has 4 rings (SSSR count). The van der Waals surface area contributed by atoms with Gasteiger partial charge >= 0.3 is 0 Å². The van der Waals surface area contributed by atoms with Crippen LogP contribution >= 0.6 is 0 Å². The quantitative estimate of drug-likeness (QED) is 0.665. The normalized spacial score (nSPS) is 15.6. The minimum Gasteiger partial charge on any atom is -0.497 e. The highest BCUT2D eigenvalue weighted by atomic mass is 16.5. The third-order valence-corrected chi connectivity index (χ3v) is 6.14. The molecule has 0 atom stereocenters. The van der Waals surface area contributed by atoms with Crippen LogP contribution in [-0.4, -0.2) is 47.7 Å². The van der Waals surface area contributed by atoms with Gasteiger partial charge in [0, 0.05) is 42.6 Å². The van der Waals surface area contributed by atoms with Gasteiger partial charge in [-0.15, -0.1) is 0 Å². The van der Waals surface area contributed by atoms with Gasteiger partial charge in [-0.2, -0.15) is 0 Å². The fourth-order valence-corrected chi connectivity index (χ4v) is 4.30. The Balaban J connectivity index is 1.55. The number of hydrogen-bond donors (Lipinski definition) is 1. The van der Waals surface area contributed by atoms with Gasteiger partial charge in [0.05, 0.1) is 7.11 Å². The molecule has 2 heterocycles. The number of amides is 1. The van der Waals surface area contributed by atoms with Crippen LogP contribution in [0.25, 0.3) is 10.9 Å². The number of nitrogens with zero attached hydrogens (tertiary/aromatic N) is 2. The van der Waals surface area contributed by atoms with Crippen molar-refractivity contribution >= 4 is 16.8 Å². The minimum atomic E-state index is 0.0164. The van der Waals surface area contributed by atoms with E-state index in [4.69, 9.17) is 4.74 Å². The SMILES string of the molecule is COc1ccc(Cn2c(C(=O)NC3CCN(C(C)C)CC3)cc3ccccc32)cc1. The first-order chi connectivity index (χ1) is 14.5. The average Bonchev–Trinajstić information content (AvgIpc) is 3.13. The van der Waals surface area contributed by atoms with Crippen LogP contribution in [0.2, 0.25) is 0 Å². The first-order valence-corrected chi connectivity index (χ1v) is 10.8. The fraction of sp³-hybridized carbons (Fsp3) is 0.400. The Hall–Kier alpha value is -2.79. The third-order valence-electron chi connectivity index (χ3n) is 6.14. The molecule has 1 N–H and O–H groups in total. The van der Waals surface area contributed by atoms with Crippen LogP contribution < -0.4 is 10.1 Å². The Morgan fingerprint density at radius 3 is 2.47 bits per heavy atom. The Labute approximate surface area is 178 Å². The molecule has 1 fully saturated rings. The number of benzene rings is 2. The zero-order valence-corrected chi connectivity index (χ0v) is 18.1. The van der Waals surface area contributed by atoms with Crippen LogP contribution in [0.15, 0.2) is 54.6 Å². The van der Waals surface area contributed by atoms with Gasteiger partial charge in [-0.05, 0) is 56.5 Å². The van der Waals surface area contributed by atoms with E-state index in [2.05, 4.69) is 52.9 Å². The second-order valence-corrected chi connectivity index (χ2v) is 8.40. The second kappa shape index (κ2) is 8.92. The Morgan fingerprint density at radius 1 is 1.10 bits per heavy atom. The minimum absolute atomic E-state index is 0.0164. The van der Waals surface area contributed by atoms with E-state index in [-0.39, 0.29) is 11.9 Å². The molecule has 1 aliphatic rings. The monoisotopic (exact) mass is 405 g/mol. The van der Waals surface area contributed by atoms with Crippen molar-refractivity contribution in [2.24, 2.45) is 0 Å². The summed E-state index contributed by atoms with van der Waals surface area (Å²) in [7, 11) is 1.67. The molecule has 0 aliphatic carbocycles. The van der Waals surface area contributed by atoms with Gasteiger partial charge in [-0.3, -0.25) is 4.79 Å². The number of aromatic nitrogens is 1. The van der Waals surface area contributed by atoms with E-state index >= 15 is 0 Å². The van der Waals surface area contributed by atoms with Gasteiger partial charge < -0.3 is 19.5 Å². The molecule has 2 aromatic carbocycles. The van der Waals surface area contributed by atoms with Crippen molar-refractivity contribution in [1.29, 1.82) is 0 Å². The van der Waals surface area contributed by atoms with Crippen molar-refractivity contribution < 1.29 is 9.53 Å². The molecule has 30 heavy (non-hydrogen) atoms. The Morgan fingerprint density at radius 2 is 1.80 bits per heavy atom. The summed E-state index contributed by atoms with van der Waals surface area (Å²) in [6, 6.07) is 19.0. The fourth-order valence-electron chi connectivity index (χ4n) is 4.30. The van der Waals surface area contributed by atoms with E-state index in [0.717, 1.165) is 53.8 Å². The van der Waals surface area contributed by atoms with Crippen molar-refractivity contribution in [1.82, 2.24) is 14.8 Å². The average molecular weight is 406 g/mol. The molecule has 1 aromatic heterocycles. The summed E-state index contributed by atoms with van der Waals surface area (Å²) < 4.78 is 7.39. The largest absolute Gasteiger partial charge is 0.497 e. The number of nitrogens with one attached hydrogen (secondary N) is 1. The lowest BCUT2D eigenvalue weighted by molar-refractivity contribution is 0.0892. The third kappa shape index (κ3) is 4.36. The molecule has 0 spiro atoms. The summed E-state index contributed by atoms with van der Waals surface area (Å²) in [6.07, 6.45) is 2.01. The number of ether oxygens (including phenoxy) is 1. The maximum atomic E-state index is 13.2. The standard InChI is InChI=1S/C25H31N3O2/c1-18(2)27-14-12-21(13-15-27)26-25(29)24-16-20-6-4-5-7-23(20)28(24)17-19-8-10-22(30-3)11-9-19/h4-11,16,18,21H,12-15,17H2,1-3H3,(H,26,29). The van der Waals surface area contributed by atoms with Crippen LogP contribution in [0, 0.1) is 0 Å². The topological polar surface area (TPSA) is 46.5 Å². The molecule has 1 amide bonds. The van der Waals surface area contributed by atoms with E-state index in [1.807, 2.05) is 30.3 Å². The molecule has 1 saturated heterocycles. The van der Waals surface area contributed by atoms with Crippen LogP contribution in [0.5, 0.6) is 5.75 Å². The van der Waals surface area contributed by atoms with Crippen LogP contribution in [0.1, 0.15) is 42.7 Å². The molecule has 5 heteroatoms. The van der Waals surface area contributed by atoms with Gasteiger partial charge in [0.15, 0.2) is 0 Å². The molecular formula is C25H31N3O2. The zero-order valence-electron chi connectivity index (χ0n) is 18.1. The number of fused-ring (bicyclic) bond motifs is 1. The zero-order chi connectivity index (χ0) is 21.1. The molecule has 1 aliphatic heterocycles. The van der Waals surface area contributed by atoms with E-state index in [9.17, 15) is 4.79 Å². The van der Waals surface area contributed by atoms with Gasteiger partial charge in [0.1, 0.15) is 11.4 Å². The van der Waals surface area contributed by atoms with Crippen molar-refractivity contribution in [2.75, 3.05) is 20.2 Å². The molecule has 0 radical (unpaired) electrons. The van der Waals surface area contributed by atoms with Crippen LogP contribution in [0.4, 0.5) is 0 Å². The Bertz CT molecular complexity index is 999. The smallest absolute Gasteiger partial charge is 0.268 e. The highest BCUT2D eigenvalue weighted by Crippen LogP contribution is 2.23. The van der Waals surface area contributed by atoms with Crippen molar-refractivity contribution in [3.63, 3.8) is 0 Å². The lowest BCUT2D eigenvalue weighted by Crippen LogP contribution is -2.46. The lowest BCUT2D eigenvalue weighted by Gasteiger charge is -2.34. The van der Waals surface area contributed by atoms with Gasteiger partial charge in [-0.1, -0.05) is 30.3 Å². The number of methoxy groups -OCH3 is 1. The molecule has 0 saturated carbocycles. The van der Waals surface area contributed by atoms with Gasteiger partial charge in [0.25, 0.3) is 5.91 Å². The summed E-state index contributed by atoms with van der Waals surface area (Å²) in [4.78, 5) is 15.7. The molecule has 5 nitrogen and oxygen atoms in total. The van der Waals surface area contributed by atoms with E-state index in [1.165, 1.54) is 0 Å². The highest BCUT2D eigenvalue weighted by molar-refractivity contribution is 5.99.